The van der Waals surface area contributed by atoms with E-state index in [0.717, 1.165) is 17.0 Å². The molecule has 4 amide bonds. The average molecular weight is 833 g/mol. The fraction of sp³-hybridized carbons (Fsp3) is 0.513. The van der Waals surface area contributed by atoms with Crippen molar-refractivity contribution in [2.75, 3.05) is 19.4 Å². The van der Waals surface area contributed by atoms with Crippen molar-refractivity contribution in [1.29, 1.82) is 0 Å². The van der Waals surface area contributed by atoms with Gasteiger partial charge in [-0.2, -0.15) is 0 Å². The van der Waals surface area contributed by atoms with Crippen LogP contribution >= 0.6 is 32.9 Å². The van der Waals surface area contributed by atoms with Crippen LogP contribution in [0, 0.1) is 23.6 Å². The molecule has 56 heavy (non-hydrogen) atoms. The van der Waals surface area contributed by atoms with Crippen LogP contribution in [0.3, 0.4) is 0 Å². The van der Waals surface area contributed by atoms with Crippen LogP contribution in [0.1, 0.15) is 94.4 Å². The number of hydrazine groups is 1. The Labute approximate surface area is 340 Å². The minimum Gasteiger partial charge on any atom is -0.455 e. The zero-order valence-electron chi connectivity index (χ0n) is 32.9. The van der Waals surface area contributed by atoms with E-state index in [1.807, 2.05) is 45.9 Å². The fourth-order valence-electron chi connectivity index (χ4n) is 5.64. The minimum atomic E-state index is -0.819. The molecule has 0 spiro atoms. The predicted octanol–water partition coefficient (Wildman–Crippen LogP) is 7.16. The molecular formula is C39H53FN6O7S3. The molecule has 2 heterocycles. The largest absolute Gasteiger partial charge is 0.455 e. The molecule has 2 aromatic heterocycles. The van der Waals surface area contributed by atoms with E-state index >= 15 is 0 Å². The summed E-state index contributed by atoms with van der Waals surface area (Å²) in [5, 5.41) is 5.77. The van der Waals surface area contributed by atoms with Gasteiger partial charge < -0.3 is 19.7 Å². The van der Waals surface area contributed by atoms with Crippen LogP contribution in [0.5, 0.6) is 0 Å². The first-order chi connectivity index (χ1) is 26.7. The van der Waals surface area contributed by atoms with Crippen molar-refractivity contribution in [3.05, 3.63) is 76.1 Å². The Morgan fingerprint density at radius 2 is 1.73 bits per heavy atom. The Balaban J connectivity index is 1.65. The molecule has 1 aromatic carbocycles. The van der Waals surface area contributed by atoms with Crippen LogP contribution in [-0.2, 0) is 30.3 Å². The number of nitrogens with zero attached hydrogens (tertiary/aromatic N) is 3. The number of rotatable bonds is 21. The molecule has 0 bridgehead atoms. The molecule has 3 rings (SSSR count). The summed E-state index contributed by atoms with van der Waals surface area (Å²) < 4.78 is 24.5. The van der Waals surface area contributed by atoms with E-state index in [4.69, 9.17) is 9.47 Å². The standard InChI is InChI=1S/C39H53FN6O7S3/c1-8-25(4)19-35(48)46(7)32(24(2)3)22-33(53-27(6)47)38-43-31(23-54-38)37(50)42-30(21-28-12-14-29(40)15-13-28)20-26(5)36(49)44-45-39(51)52-17-18-55-56-34-11-9-10-16-41-34/h9-16,23-26,30,32-33H,8,17-22H2,1-7H3,(H,42,50)(H,44,49)(H,45,51). The number of esters is 1. The highest BCUT2D eigenvalue weighted by molar-refractivity contribution is 8.76. The number of nitrogens with one attached hydrogen (secondary N) is 3. The Bertz CT molecular complexity index is 1720. The van der Waals surface area contributed by atoms with Crippen LogP contribution in [0.4, 0.5) is 9.18 Å². The van der Waals surface area contributed by atoms with Gasteiger partial charge in [0.05, 0.1) is 0 Å². The molecule has 0 aliphatic rings. The molecule has 0 aliphatic carbocycles. The van der Waals surface area contributed by atoms with Crippen molar-refractivity contribution >= 4 is 62.7 Å². The molecule has 306 valence electrons. The Morgan fingerprint density at radius 3 is 2.38 bits per heavy atom. The number of benzene rings is 1. The third-order valence-corrected chi connectivity index (χ3v) is 12.1. The van der Waals surface area contributed by atoms with Gasteiger partial charge >= 0.3 is 12.1 Å². The SMILES string of the molecule is CCC(C)CC(=O)N(C)C(CC(OC(C)=O)c1nc(C(=O)NC(Cc2ccc(F)cc2)CC(C)C(=O)NNC(=O)OCCSSc2ccccn2)cs1)C(C)C. The molecule has 17 heteroatoms. The number of amides is 4. The summed E-state index contributed by atoms with van der Waals surface area (Å²) in [6.07, 6.45) is 2.09. The quantitative estimate of drug-likeness (QED) is 0.0431. The number of hydrogen-bond acceptors (Lipinski definition) is 12. The van der Waals surface area contributed by atoms with Crippen LogP contribution in [0.25, 0.3) is 0 Å². The highest BCUT2D eigenvalue weighted by atomic mass is 33.1. The highest BCUT2D eigenvalue weighted by Gasteiger charge is 2.31. The van der Waals surface area contributed by atoms with Gasteiger partial charge in [0.2, 0.25) is 11.8 Å². The van der Waals surface area contributed by atoms with Crippen molar-refractivity contribution in [2.24, 2.45) is 17.8 Å². The smallest absolute Gasteiger partial charge is 0.426 e. The molecule has 0 aliphatic heterocycles. The summed E-state index contributed by atoms with van der Waals surface area (Å²) >= 11 is 1.17. The molecule has 0 saturated carbocycles. The van der Waals surface area contributed by atoms with E-state index in [0.29, 0.717) is 23.6 Å². The molecule has 5 atom stereocenters. The van der Waals surface area contributed by atoms with E-state index in [1.165, 1.54) is 52.0 Å². The zero-order chi connectivity index (χ0) is 41.2. The summed E-state index contributed by atoms with van der Waals surface area (Å²) in [5.74, 6) is -1.85. The van der Waals surface area contributed by atoms with Gasteiger partial charge in [0.25, 0.3) is 5.91 Å². The number of thiazole rings is 1. The lowest BCUT2D eigenvalue weighted by atomic mass is 9.95. The first-order valence-electron chi connectivity index (χ1n) is 18.5. The number of halogens is 1. The lowest BCUT2D eigenvalue weighted by Crippen LogP contribution is -2.46. The summed E-state index contributed by atoms with van der Waals surface area (Å²) in [6.45, 7) is 11.1. The van der Waals surface area contributed by atoms with Crippen LogP contribution in [-0.4, -0.2) is 76.1 Å². The van der Waals surface area contributed by atoms with Crippen LogP contribution < -0.4 is 16.2 Å². The Hall–Kier alpha value is -4.22. The topological polar surface area (TPSA) is 169 Å². The first kappa shape index (κ1) is 46.2. The lowest BCUT2D eigenvalue weighted by molar-refractivity contribution is -0.148. The van der Waals surface area contributed by atoms with Crippen molar-refractivity contribution in [3.63, 3.8) is 0 Å². The minimum absolute atomic E-state index is 0.00590. The van der Waals surface area contributed by atoms with E-state index in [2.05, 4.69) is 26.1 Å². The van der Waals surface area contributed by atoms with Gasteiger partial charge in [-0.15, -0.1) is 11.3 Å². The maximum absolute atomic E-state index is 13.7. The molecule has 0 fully saturated rings. The van der Waals surface area contributed by atoms with E-state index in [1.54, 1.807) is 42.6 Å². The number of aromatic nitrogens is 2. The monoisotopic (exact) mass is 832 g/mol. The molecule has 0 radical (unpaired) electrons. The zero-order valence-corrected chi connectivity index (χ0v) is 35.4. The van der Waals surface area contributed by atoms with Crippen molar-refractivity contribution < 1.29 is 37.8 Å². The number of hydrogen-bond donors (Lipinski definition) is 3. The van der Waals surface area contributed by atoms with E-state index in [-0.39, 0.29) is 48.9 Å². The fourth-order valence-corrected chi connectivity index (χ4v) is 8.18. The maximum Gasteiger partial charge on any atom is 0.426 e. The highest BCUT2D eigenvalue weighted by Crippen LogP contribution is 2.31. The van der Waals surface area contributed by atoms with Gasteiger partial charge in [0.15, 0.2) is 6.10 Å². The van der Waals surface area contributed by atoms with Gasteiger partial charge in [0, 0.05) is 62.1 Å². The van der Waals surface area contributed by atoms with Gasteiger partial charge in [0.1, 0.15) is 28.2 Å². The van der Waals surface area contributed by atoms with Crippen molar-refractivity contribution in [1.82, 2.24) is 31.0 Å². The molecule has 5 unspecified atom stereocenters. The summed E-state index contributed by atoms with van der Waals surface area (Å²) in [5.41, 5.74) is 5.44. The lowest BCUT2D eigenvalue weighted by Gasteiger charge is -2.34. The second kappa shape index (κ2) is 23.8. The van der Waals surface area contributed by atoms with Crippen molar-refractivity contribution in [2.45, 2.75) is 96.9 Å². The normalized spacial score (nSPS) is 13.8. The summed E-state index contributed by atoms with van der Waals surface area (Å²) in [6, 6.07) is 10.6. The number of ether oxygens (including phenoxy) is 2. The second-order valence-corrected chi connectivity index (χ2v) is 17.2. The first-order valence-corrected chi connectivity index (χ1v) is 21.7. The molecule has 0 saturated heterocycles. The third kappa shape index (κ3) is 16.1. The van der Waals surface area contributed by atoms with Gasteiger partial charge in [-0.05, 0) is 65.3 Å². The Morgan fingerprint density at radius 1 is 1.00 bits per heavy atom. The molecule has 13 nitrogen and oxygen atoms in total. The number of carbonyl (C=O) groups excluding carboxylic acids is 5. The predicted molar refractivity (Wildman–Crippen MR) is 217 cm³/mol. The van der Waals surface area contributed by atoms with Gasteiger partial charge in [-0.3, -0.25) is 24.6 Å². The van der Waals surface area contributed by atoms with Crippen LogP contribution in [0.15, 0.2) is 59.1 Å². The maximum atomic E-state index is 13.7. The Kier molecular flexibility index (Phi) is 19.6. The molecular weight excluding hydrogens is 780 g/mol. The van der Waals surface area contributed by atoms with E-state index in [9.17, 15) is 28.4 Å². The number of carbonyl (C=O) groups is 5. The van der Waals surface area contributed by atoms with Crippen molar-refractivity contribution in [3.8, 4) is 0 Å². The summed E-state index contributed by atoms with van der Waals surface area (Å²) in [4.78, 5) is 74.6. The number of pyridine rings is 1. The van der Waals surface area contributed by atoms with Crippen LogP contribution in [0.2, 0.25) is 0 Å². The van der Waals surface area contributed by atoms with E-state index < -0.39 is 47.8 Å². The third-order valence-electron chi connectivity index (χ3n) is 8.96. The average Bonchev–Trinajstić information content (AvgIpc) is 3.66. The van der Waals surface area contributed by atoms with Gasteiger partial charge in [-0.25, -0.2) is 24.6 Å². The second-order valence-electron chi connectivity index (χ2n) is 13.9. The molecule has 3 aromatic rings. The molecule has 3 N–H and O–H groups in total. The summed E-state index contributed by atoms with van der Waals surface area (Å²) in [7, 11) is 4.69. The van der Waals surface area contributed by atoms with Gasteiger partial charge in [-0.1, -0.05) is 70.0 Å².